The van der Waals surface area contributed by atoms with E-state index in [2.05, 4.69) is 10.1 Å². The van der Waals surface area contributed by atoms with Crippen LogP contribution >= 0.6 is 0 Å². The fraction of sp³-hybridized carbons (Fsp3) is 0.200. The van der Waals surface area contributed by atoms with Crippen molar-refractivity contribution in [1.82, 2.24) is 14.8 Å². The van der Waals surface area contributed by atoms with Crippen molar-refractivity contribution < 1.29 is 9.13 Å². The predicted molar refractivity (Wildman–Crippen MR) is 56.5 cm³/mol. The number of anilines is 1. The molecule has 2 N–H and O–H groups in total. The van der Waals surface area contributed by atoms with Crippen molar-refractivity contribution in [3.63, 3.8) is 0 Å². The molecular formula is C10H11FN4O. The van der Waals surface area contributed by atoms with Gasteiger partial charge in [0.1, 0.15) is 6.33 Å². The van der Waals surface area contributed by atoms with E-state index >= 15 is 0 Å². The third-order valence-corrected chi connectivity index (χ3v) is 2.15. The summed E-state index contributed by atoms with van der Waals surface area (Å²) < 4.78 is 20.1. The van der Waals surface area contributed by atoms with Gasteiger partial charge in [-0.2, -0.15) is 0 Å². The van der Waals surface area contributed by atoms with Crippen LogP contribution in [-0.4, -0.2) is 21.9 Å². The Morgan fingerprint density at radius 3 is 2.94 bits per heavy atom. The fourth-order valence-electron chi connectivity index (χ4n) is 1.40. The van der Waals surface area contributed by atoms with Gasteiger partial charge in [-0.25, -0.2) is 14.1 Å². The Morgan fingerprint density at radius 1 is 1.50 bits per heavy atom. The van der Waals surface area contributed by atoms with Crippen LogP contribution in [0, 0.1) is 5.82 Å². The van der Waals surface area contributed by atoms with Gasteiger partial charge in [-0.3, -0.25) is 0 Å². The molecule has 0 bridgehead atoms. The maximum absolute atomic E-state index is 13.7. The molecule has 0 spiro atoms. The van der Waals surface area contributed by atoms with E-state index in [9.17, 15) is 4.39 Å². The first-order valence-corrected chi connectivity index (χ1v) is 4.67. The number of nitrogens with two attached hydrogens (primary N) is 1. The van der Waals surface area contributed by atoms with E-state index in [-0.39, 0.29) is 24.1 Å². The van der Waals surface area contributed by atoms with Crippen molar-refractivity contribution in [3.05, 3.63) is 35.9 Å². The molecule has 0 aliphatic rings. The van der Waals surface area contributed by atoms with Gasteiger partial charge >= 0.3 is 0 Å². The Morgan fingerprint density at radius 2 is 2.31 bits per heavy atom. The largest absolute Gasteiger partial charge is 0.494 e. The summed E-state index contributed by atoms with van der Waals surface area (Å²) in [5, 5.41) is 3.88. The molecule has 0 atom stereocenters. The highest BCUT2D eigenvalue weighted by molar-refractivity contribution is 5.31. The summed E-state index contributed by atoms with van der Waals surface area (Å²) in [5.41, 5.74) is 5.84. The molecule has 2 aromatic rings. The van der Waals surface area contributed by atoms with Crippen molar-refractivity contribution in [2.75, 3.05) is 12.8 Å². The van der Waals surface area contributed by atoms with Gasteiger partial charge in [0.15, 0.2) is 11.6 Å². The molecule has 2 rings (SSSR count). The zero-order chi connectivity index (χ0) is 11.5. The van der Waals surface area contributed by atoms with Gasteiger partial charge < -0.3 is 10.5 Å². The number of ether oxygens (including phenoxy) is 1. The SMILES string of the molecule is COc1cccc(Cn2cnc(N)n2)c1F. The highest BCUT2D eigenvalue weighted by Gasteiger charge is 2.09. The topological polar surface area (TPSA) is 66.0 Å². The molecule has 1 aromatic carbocycles. The third kappa shape index (κ3) is 1.95. The quantitative estimate of drug-likeness (QED) is 0.843. The fourth-order valence-corrected chi connectivity index (χ4v) is 1.40. The molecule has 0 unspecified atom stereocenters. The Kier molecular flexibility index (Phi) is 2.72. The van der Waals surface area contributed by atoms with E-state index in [1.807, 2.05) is 0 Å². The van der Waals surface area contributed by atoms with Crippen molar-refractivity contribution >= 4 is 5.95 Å². The van der Waals surface area contributed by atoms with E-state index in [0.29, 0.717) is 5.56 Å². The van der Waals surface area contributed by atoms with Crippen LogP contribution in [0.25, 0.3) is 0 Å². The second-order valence-electron chi connectivity index (χ2n) is 3.23. The Labute approximate surface area is 91.7 Å². The molecule has 0 fully saturated rings. The molecule has 1 aromatic heterocycles. The summed E-state index contributed by atoms with van der Waals surface area (Å²) in [6.07, 6.45) is 1.45. The molecule has 0 aliphatic carbocycles. The van der Waals surface area contributed by atoms with Gasteiger partial charge in [-0.1, -0.05) is 12.1 Å². The molecule has 84 valence electrons. The van der Waals surface area contributed by atoms with Gasteiger partial charge in [0.25, 0.3) is 0 Å². The summed E-state index contributed by atoms with van der Waals surface area (Å²) in [5.74, 6) is -0.00652. The summed E-state index contributed by atoms with van der Waals surface area (Å²) in [6, 6.07) is 4.95. The summed E-state index contributed by atoms with van der Waals surface area (Å²) in [4.78, 5) is 3.76. The van der Waals surface area contributed by atoms with Gasteiger partial charge in [-0.05, 0) is 6.07 Å². The van der Waals surface area contributed by atoms with Gasteiger partial charge in [-0.15, -0.1) is 5.10 Å². The van der Waals surface area contributed by atoms with Crippen LogP contribution in [-0.2, 0) is 6.54 Å². The van der Waals surface area contributed by atoms with Gasteiger partial charge in [0.05, 0.1) is 13.7 Å². The molecular weight excluding hydrogens is 211 g/mol. The van der Waals surface area contributed by atoms with Crippen molar-refractivity contribution in [3.8, 4) is 5.75 Å². The zero-order valence-electron chi connectivity index (χ0n) is 8.72. The molecule has 0 saturated heterocycles. The Bertz CT molecular complexity index is 497. The summed E-state index contributed by atoms with van der Waals surface area (Å²) >= 11 is 0. The smallest absolute Gasteiger partial charge is 0.239 e. The minimum Gasteiger partial charge on any atom is -0.494 e. The minimum atomic E-state index is -0.390. The van der Waals surface area contributed by atoms with Crippen LogP contribution in [0.3, 0.4) is 0 Å². The van der Waals surface area contributed by atoms with E-state index < -0.39 is 0 Å². The van der Waals surface area contributed by atoms with Crippen LogP contribution in [0.4, 0.5) is 10.3 Å². The number of halogens is 1. The van der Waals surface area contributed by atoms with E-state index in [1.54, 1.807) is 18.2 Å². The van der Waals surface area contributed by atoms with Crippen LogP contribution in [0.2, 0.25) is 0 Å². The summed E-state index contributed by atoms with van der Waals surface area (Å²) in [7, 11) is 1.43. The summed E-state index contributed by atoms with van der Waals surface area (Å²) in [6.45, 7) is 0.271. The molecule has 16 heavy (non-hydrogen) atoms. The number of methoxy groups -OCH3 is 1. The molecule has 1 heterocycles. The normalized spacial score (nSPS) is 10.4. The number of nitrogen functional groups attached to an aromatic ring is 1. The molecule has 0 radical (unpaired) electrons. The van der Waals surface area contributed by atoms with E-state index in [0.717, 1.165) is 0 Å². The van der Waals surface area contributed by atoms with Crippen LogP contribution in [0.1, 0.15) is 5.56 Å². The number of benzene rings is 1. The third-order valence-electron chi connectivity index (χ3n) is 2.15. The van der Waals surface area contributed by atoms with Crippen molar-refractivity contribution in [2.24, 2.45) is 0 Å². The average Bonchev–Trinajstić information content (AvgIpc) is 2.67. The molecule has 0 amide bonds. The first kappa shape index (κ1) is 10.4. The molecule has 6 heteroatoms. The van der Waals surface area contributed by atoms with Crippen molar-refractivity contribution in [1.29, 1.82) is 0 Å². The number of hydrogen-bond acceptors (Lipinski definition) is 4. The number of rotatable bonds is 3. The zero-order valence-corrected chi connectivity index (χ0v) is 8.72. The van der Waals surface area contributed by atoms with Gasteiger partial charge in [0, 0.05) is 5.56 Å². The predicted octanol–water partition coefficient (Wildman–Crippen LogP) is 1.06. The first-order chi connectivity index (χ1) is 7.70. The standard InChI is InChI=1S/C10H11FN4O/c1-16-8-4-2-3-7(9(8)11)5-15-6-13-10(12)14-15/h2-4,6H,5H2,1H3,(H2,12,14). The number of hydrogen-bond donors (Lipinski definition) is 1. The lowest BCUT2D eigenvalue weighted by Crippen LogP contribution is -2.04. The van der Waals surface area contributed by atoms with Crippen molar-refractivity contribution in [2.45, 2.75) is 6.54 Å². The number of nitrogens with zero attached hydrogens (tertiary/aromatic N) is 3. The highest BCUT2D eigenvalue weighted by Crippen LogP contribution is 2.20. The first-order valence-electron chi connectivity index (χ1n) is 4.67. The molecule has 0 aliphatic heterocycles. The van der Waals surface area contributed by atoms with E-state index in [1.165, 1.54) is 18.1 Å². The van der Waals surface area contributed by atoms with Gasteiger partial charge in [0.2, 0.25) is 5.95 Å². The molecule has 0 saturated carbocycles. The molecule has 5 nitrogen and oxygen atoms in total. The van der Waals surface area contributed by atoms with Crippen LogP contribution < -0.4 is 10.5 Å². The highest BCUT2D eigenvalue weighted by atomic mass is 19.1. The maximum Gasteiger partial charge on any atom is 0.239 e. The van der Waals surface area contributed by atoms with Crippen LogP contribution in [0.15, 0.2) is 24.5 Å². The Balaban J connectivity index is 2.28. The average molecular weight is 222 g/mol. The van der Waals surface area contributed by atoms with Crippen LogP contribution in [0.5, 0.6) is 5.75 Å². The second-order valence-corrected chi connectivity index (χ2v) is 3.23. The lowest BCUT2D eigenvalue weighted by atomic mass is 10.2. The van der Waals surface area contributed by atoms with E-state index in [4.69, 9.17) is 10.5 Å². The lowest BCUT2D eigenvalue weighted by Gasteiger charge is -2.06. The lowest BCUT2D eigenvalue weighted by molar-refractivity contribution is 0.383. The second kappa shape index (κ2) is 4.18. The monoisotopic (exact) mass is 222 g/mol. The maximum atomic E-state index is 13.7. The Hall–Kier alpha value is -2.11. The number of aromatic nitrogens is 3. The minimum absolute atomic E-state index is 0.170.